The van der Waals surface area contributed by atoms with Gasteiger partial charge in [0.05, 0.1) is 19.4 Å². The summed E-state index contributed by atoms with van der Waals surface area (Å²) in [6.45, 7) is -0.472. The first-order valence-electron chi connectivity index (χ1n) is 3.54. The number of esters is 1. The maximum absolute atomic E-state index is 10.7. The summed E-state index contributed by atoms with van der Waals surface area (Å²) in [7, 11) is 0. The normalized spacial score (nSPS) is 10.2. The van der Waals surface area contributed by atoms with E-state index in [1.807, 2.05) is 0 Å². The Balaban J connectivity index is 3.35. The van der Waals surface area contributed by atoms with Gasteiger partial charge in [0, 0.05) is 0 Å². The molecule has 0 heterocycles. The zero-order valence-electron chi connectivity index (χ0n) is 6.90. The van der Waals surface area contributed by atoms with E-state index in [1.54, 1.807) is 0 Å². The lowest BCUT2D eigenvalue weighted by Gasteiger charge is -2.01. The molecule has 0 bridgehead atoms. The molecule has 0 amide bonds. The molecule has 0 unspecified atom stereocenters. The van der Waals surface area contributed by atoms with Gasteiger partial charge in [0.2, 0.25) is 0 Å². The van der Waals surface area contributed by atoms with Crippen molar-refractivity contribution < 1.29 is 24.5 Å². The number of ether oxygens (including phenoxy) is 1. The Morgan fingerprint density at radius 2 is 2.08 bits per heavy atom. The molecule has 0 radical (unpaired) electrons. The fourth-order valence-corrected chi connectivity index (χ4v) is 0.507. The Bertz CT molecular complexity index is 201. The van der Waals surface area contributed by atoms with Crippen LogP contribution in [0, 0.1) is 0 Å². The first-order valence-corrected chi connectivity index (χ1v) is 3.54. The average molecular weight is 189 g/mol. The van der Waals surface area contributed by atoms with Gasteiger partial charge < -0.3 is 14.9 Å². The molecule has 0 atom stereocenters. The molecule has 0 aliphatic rings. The number of aliphatic carboxylic acids is 1. The number of rotatable bonds is 6. The van der Waals surface area contributed by atoms with Crippen molar-refractivity contribution in [2.45, 2.75) is 0 Å². The van der Waals surface area contributed by atoms with Gasteiger partial charge >= 0.3 is 11.9 Å². The molecule has 0 saturated carbocycles. The number of aliphatic hydroxyl groups excluding tert-OH is 1. The second-order valence-electron chi connectivity index (χ2n) is 2.07. The van der Waals surface area contributed by atoms with Gasteiger partial charge in [-0.25, -0.2) is 0 Å². The van der Waals surface area contributed by atoms with Gasteiger partial charge in [-0.15, -0.1) is 0 Å². The van der Waals surface area contributed by atoms with Crippen molar-refractivity contribution in [2.24, 2.45) is 0 Å². The van der Waals surface area contributed by atoms with Crippen molar-refractivity contribution >= 4 is 11.9 Å². The predicted molar refractivity (Wildman–Crippen MR) is 43.2 cm³/mol. The van der Waals surface area contributed by atoms with Crippen molar-refractivity contribution in [1.29, 1.82) is 0 Å². The maximum Gasteiger partial charge on any atom is 0.320 e. The summed E-state index contributed by atoms with van der Waals surface area (Å²) in [5, 5.41) is 18.7. The Morgan fingerprint density at radius 1 is 1.38 bits per heavy atom. The van der Waals surface area contributed by atoms with E-state index < -0.39 is 11.9 Å². The number of hydrogen-bond donors (Lipinski definition) is 3. The fraction of sp³-hybridized carbons (Fsp3) is 0.429. The second kappa shape index (κ2) is 7.11. The number of carboxylic acids is 1. The van der Waals surface area contributed by atoms with Crippen LogP contribution in [-0.2, 0) is 14.3 Å². The minimum Gasteiger partial charge on any atom is -0.516 e. The first kappa shape index (κ1) is 11.4. The molecule has 3 N–H and O–H groups in total. The van der Waals surface area contributed by atoms with E-state index in [9.17, 15) is 9.59 Å². The summed E-state index contributed by atoms with van der Waals surface area (Å²) in [4.78, 5) is 20.7. The summed E-state index contributed by atoms with van der Waals surface area (Å²) in [5.41, 5.74) is 0. The highest BCUT2D eigenvalue weighted by Gasteiger charge is 2.02. The van der Waals surface area contributed by atoms with Crippen LogP contribution in [0.3, 0.4) is 0 Å². The predicted octanol–water partition coefficient (Wildman–Crippen LogP) is -0.724. The minimum absolute atomic E-state index is 0.0237. The van der Waals surface area contributed by atoms with E-state index in [2.05, 4.69) is 10.1 Å². The first-order chi connectivity index (χ1) is 6.16. The molecule has 74 valence electrons. The van der Waals surface area contributed by atoms with Gasteiger partial charge in [-0.05, 0) is 6.08 Å². The molecule has 0 aromatic carbocycles. The van der Waals surface area contributed by atoms with Gasteiger partial charge in [0.1, 0.15) is 6.61 Å². The number of nitrogens with one attached hydrogen (secondary N) is 1. The molecule has 0 rings (SSSR count). The smallest absolute Gasteiger partial charge is 0.320 e. The number of aliphatic hydroxyl groups is 1. The topological polar surface area (TPSA) is 95.9 Å². The monoisotopic (exact) mass is 189 g/mol. The third-order valence-electron chi connectivity index (χ3n) is 0.992. The van der Waals surface area contributed by atoms with Crippen LogP contribution < -0.4 is 5.32 Å². The lowest BCUT2D eigenvalue weighted by atomic mass is 10.6. The molecule has 0 spiro atoms. The number of carboxylic acid groups (broad SMARTS) is 1. The molecule has 6 heteroatoms. The van der Waals surface area contributed by atoms with Gasteiger partial charge in [-0.2, -0.15) is 0 Å². The number of carbonyl (C=O) groups excluding carboxylic acids is 1. The highest BCUT2D eigenvalue weighted by Crippen LogP contribution is 1.78. The van der Waals surface area contributed by atoms with Crippen LogP contribution in [0.25, 0.3) is 0 Å². The van der Waals surface area contributed by atoms with E-state index >= 15 is 0 Å². The molecule has 6 nitrogen and oxygen atoms in total. The Labute approximate surface area is 74.8 Å². The van der Waals surface area contributed by atoms with Crippen molar-refractivity contribution in [3.05, 3.63) is 12.3 Å². The summed E-state index contributed by atoms with van der Waals surface area (Å²) in [5.74, 6) is -1.61. The number of carbonyl (C=O) groups is 2. The molecule has 13 heavy (non-hydrogen) atoms. The largest absolute Gasteiger partial charge is 0.516 e. The van der Waals surface area contributed by atoms with Crippen LogP contribution in [-0.4, -0.2) is 41.8 Å². The van der Waals surface area contributed by atoms with Crippen LogP contribution in [0.4, 0.5) is 0 Å². The third-order valence-corrected chi connectivity index (χ3v) is 0.992. The van der Waals surface area contributed by atoms with Crippen molar-refractivity contribution in [3.8, 4) is 0 Å². The quantitative estimate of drug-likeness (QED) is 0.377. The van der Waals surface area contributed by atoms with E-state index in [4.69, 9.17) is 10.2 Å². The molecular weight excluding hydrogens is 178 g/mol. The second-order valence-corrected chi connectivity index (χ2v) is 2.07. The van der Waals surface area contributed by atoms with Crippen LogP contribution in [0.15, 0.2) is 12.3 Å². The molecule has 0 fully saturated rings. The summed E-state index contributed by atoms with van der Waals surface area (Å²) in [6, 6.07) is 0. The molecule has 0 aromatic rings. The van der Waals surface area contributed by atoms with E-state index in [0.29, 0.717) is 0 Å². The van der Waals surface area contributed by atoms with Crippen molar-refractivity contribution in [3.63, 3.8) is 0 Å². The van der Waals surface area contributed by atoms with E-state index in [-0.39, 0.29) is 19.7 Å². The lowest BCUT2D eigenvalue weighted by molar-refractivity contribution is -0.141. The van der Waals surface area contributed by atoms with Crippen LogP contribution >= 0.6 is 0 Å². The standard InChI is InChI=1S/C7H11NO5/c9-2-1-3-13-7(12)5-8-4-6(10)11/h1-2,8-9H,3-5H2,(H,10,11). The average Bonchev–Trinajstić information content (AvgIpc) is 2.04. The maximum atomic E-state index is 10.7. The van der Waals surface area contributed by atoms with Crippen molar-refractivity contribution in [1.82, 2.24) is 5.32 Å². The molecule has 0 aromatic heterocycles. The molecule has 0 aliphatic heterocycles. The van der Waals surface area contributed by atoms with Gasteiger partial charge in [0.25, 0.3) is 0 Å². The van der Waals surface area contributed by atoms with Crippen LogP contribution in [0.5, 0.6) is 0 Å². The highest BCUT2D eigenvalue weighted by molar-refractivity contribution is 5.73. The third kappa shape index (κ3) is 8.35. The molecule has 0 aliphatic carbocycles. The van der Waals surface area contributed by atoms with Gasteiger partial charge in [-0.1, -0.05) is 0 Å². The Hall–Kier alpha value is -1.56. The van der Waals surface area contributed by atoms with E-state index in [1.165, 1.54) is 6.08 Å². The zero-order valence-corrected chi connectivity index (χ0v) is 6.90. The zero-order chi connectivity index (χ0) is 10.1. The minimum atomic E-state index is -1.04. The fourth-order valence-electron chi connectivity index (χ4n) is 0.507. The van der Waals surface area contributed by atoms with Crippen LogP contribution in [0.2, 0.25) is 0 Å². The Morgan fingerprint density at radius 3 is 2.62 bits per heavy atom. The van der Waals surface area contributed by atoms with E-state index in [0.717, 1.165) is 6.26 Å². The highest BCUT2D eigenvalue weighted by atomic mass is 16.5. The van der Waals surface area contributed by atoms with Gasteiger partial charge in [-0.3, -0.25) is 14.9 Å². The summed E-state index contributed by atoms with van der Waals surface area (Å²) < 4.78 is 4.52. The SMILES string of the molecule is O=C(O)CNCC(=O)OCC=CO. The van der Waals surface area contributed by atoms with Gasteiger partial charge in [0.15, 0.2) is 0 Å². The summed E-state index contributed by atoms with van der Waals surface area (Å²) in [6.07, 6.45) is 2.01. The number of hydrogen-bond acceptors (Lipinski definition) is 5. The van der Waals surface area contributed by atoms with Crippen molar-refractivity contribution in [2.75, 3.05) is 19.7 Å². The summed E-state index contributed by atoms with van der Waals surface area (Å²) >= 11 is 0. The Kier molecular flexibility index (Phi) is 6.26. The molecular formula is C7H11NO5. The molecule has 0 saturated heterocycles. The van der Waals surface area contributed by atoms with Crippen LogP contribution in [0.1, 0.15) is 0 Å². The lowest BCUT2D eigenvalue weighted by Crippen LogP contribution is -2.29.